The van der Waals surface area contributed by atoms with Gasteiger partial charge in [-0.05, 0) is 66.9 Å². The molecule has 0 aliphatic heterocycles. The summed E-state index contributed by atoms with van der Waals surface area (Å²) in [4.78, 5) is 23.8. The predicted octanol–water partition coefficient (Wildman–Crippen LogP) is 8.42. The molecule has 0 aliphatic carbocycles. The molecule has 9 heteroatoms. The third-order valence-corrected chi connectivity index (χ3v) is 19.6. The molecule has 0 saturated heterocycles. The van der Waals surface area contributed by atoms with Crippen molar-refractivity contribution in [3.05, 3.63) is 12.2 Å². The molecule has 0 rings (SSSR count). The Morgan fingerprint density at radius 3 is 1.83 bits per heavy atom. The van der Waals surface area contributed by atoms with E-state index in [1.807, 2.05) is 6.92 Å². The molecule has 0 saturated carbocycles. The van der Waals surface area contributed by atoms with E-state index >= 15 is 0 Å². The number of rotatable bonds is 17. The van der Waals surface area contributed by atoms with Gasteiger partial charge in [-0.25, -0.2) is 0 Å². The van der Waals surface area contributed by atoms with Crippen molar-refractivity contribution in [1.82, 2.24) is 5.32 Å². The molecule has 0 spiro atoms. The van der Waals surface area contributed by atoms with Crippen LogP contribution in [0.2, 0.25) is 36.3 Å². The molecule has 0 aromatic carbocycles. The lowest BCUT2D eigenvalue weighted by Crippen LogP contribution is -2.46. The molecule has 1 unspecified atom stereocenters. The van der Waals surface area contributed by atoms with Crippen molar-refractivity contribution in [1.29, 1.82) is 0 Å². The Kier molecular flexibility index (Phi) is 17.1. The van der Waals surface area contributed by atoms with Gasteiger partial charge in [-0.15, -0.1) is 0 Å². The van der Waals surface area contributed by atoms with Crippen LogP contribution in [0, 0.1) is 23.7 Å². The number of amides is 1. The lowest BCUT2D eigenvalue weighted by atomic mass is 9.85. The van der Waals surface area contributed by atoms with Crippen LogP contribution in [-0.2, 0) is 18.4 Å². The van der Waals surface area contributed by atoms with Gasteiger partial charge in [-0.3, -0.25) is 9.59 Å². The second kappa shape index (κ2) is 17.3. The molecular weight excluding hydrogens is 579 g/mol. The highest BCUT2D eigenvalue weighted by Gasteiger charge is 2.41. The summed E-state index contributed by atoms with van der Waals surface area (Å²) >= 11 is 1.18. The maximum atomic E-state index is 12.7. The molecule has 42 heavy (non-hydrogen) atoms. The molecule has 0 bridgehead atoms. The van der Waals surface area contributed by atoms with Gasteiger partial charge in [0.1, 0.15) is 0 Å². The van der Waals surface area contributed by atoms with Gasteiger partial charge in [0.25, 0.3) is 0 Å². The van der Waals surface area contributed by atoms with Gasteiger partial charge < -0.3 is 19.3 Å². The van der Waals surface area contributed by atoms with E-state index in [2.05, 4.69) is 106 Å². The second-order valence-corrected chi connectivity index (χ2v) is 26.1. The molecule has 0 fully saturated rings. The lowest BCUT2D eigenvalue weighted by molar-refractivity contribution is -0.119. The fraction of sp³-hybridized carbons (Fsp3) is 0.879. The van der Waals surface area contributed by atoms with Gasteiger partial charge in [-0.1, -0.05) is 100 Å². The minimum atomic E-state index is -2.07. The first-order valence-electron chi connectivity index (χ1n) is 16.0. The van der Waals surface area contributed by atoms with Crippen LogP contribution in [0.15, 0.2) is 12.2 Å². The fourth-order valence-electron chi connectivity index (χ4n) is 4.39. The predicted molar refractivity (Wildman–Crippen MR) is 187 cm³/mol. The van der Waals surface area contributed by atoms with Crippen LogP contribution >= 0.6 is 11.8 Å². The molecule has 6 nitrogen and oxygen atoms in total. The minimum Gasteiger partial charge on any atom is -0.413 e. The van der Waals surface area contributed by atoms with Crippen LogP contribution in [0.4, 0.5) is 0 Å². The van der Waals surface area contributed by atoms with E-state index < -0.39 is 28.7 Å². The van der Waals surface area contributed by atoms with Gasteiger partial charge in [0.15, 0.2) is 21.8 Å². The minimum absolute atomic E-state index is 0.0394. The van der Waals surface area contributed by atoms with Crippen LogP contribution in [0.5, 0.6) is 0 Å². The van der Waals surface area contributed by atoms with Gasteiger partial charge >= 0.3 is 0 Å². The average Bonchev–Trinajstić information content (AvgIpc) is 2.84. The molecule has 0 aliphatic rings. The number of aliphatic hydroxyl groups is 1. The third-order valence-electron chi connectivity index (χ3n) is 9.57. The summed E-state index contributed by atoms with van der Waals surface area (Å²) in [5.74, 6) is 0.244. The summed E-state index contributed by atoms with van der Waals surface area (Å²) < 4.78 is 13.8. The molecule has 248 valence electrons. The maximum absolute atomic E-state index is 12.7. The topological polar surface area (TPSA) is 84.9 Å². The number of carbonyl (C=O) groups excluding carboxylic acids is 2. The Hall–Kier alpha value is -0.456. The standard InChI is InChI=1S/C33H67NO5SSi2/c1-17-28(38-41(13,14)32(7,8)9)23(2)18-19-29(39-42(15,16)33(10,11)12)24(3)22-25(4)30(36)26(5)31(37)40-21-20-34-27(6)35/h18-19,23-26,28-30,36H,17,20-22H2,1-16H3,(H,34,35)/b19-18+/t23-,24-,25+,26-,28-,29?,30+/m1/s1. The Morgan fingerprint density at radius 2 is 1.38 bits per heavy atom. The van der Waals surface area contributed by atoms with E-state index in [-0.39, 0.29) is 51.1 Å². The zero-order valence-electron chi connectivity index (χ0n) is 30.0. The third kappa shape index (κ3) is 13.7. The zero-order valence-corrected chi connectivity index (χ0v) is 32.8. The normalized spacial score (nSPS) is 18.7. The Balaban J connectivity index is 5.77. The number of nitrogens with one attached hydrogen (secondary N) is 1. The van der Waals surface area contributed by atoms with Crippen molar-refractivity contribution in [2.75, 3.05) is 12.3 Å². The quantitative estimate of drug-likeness (QED) is 0.0938. The van der Waals surface area contributed by atoms with Gasteiger partial charge in [0, 0.05) is 19.2 Å². The van der Waals surface area contributed by atoms with Gasteiger partial charge in [0.2, 0.25) is 5.91 Å². The molecule has 0 heterocycles. The first-order chi connectivity index (χ1) is 18.9. The van der Waals surface area contributed by atoms with Crippen LogP contribution < -0.4 is 5.32 Å². The molecule has 0 radical (unpaired) electrons. The Morgan fingerprint density at radius 1 is 0.881 bits per heavy atom. The van der Waals surface area contributed by atoms with E-state index in [0.29, 0.717) is 12.3 Å². The fourth-order valence-corrected chi connectivity index (χ4v) is 8.04. The van der Waals surface area contributed by atoms with Crippen molar-refractivity contribution >= 4 is 39.4 Å². The highest BCUT2D eigenvalue weighted by atomic mass is 32.2. The van der Waals surface area contributed by atoms with Crippen LogP contribution in [0.3, 0.4) is 0 Å². The summed E-state index contributed by atoms with van der Waals surface area (Å²) in [7, 11) is -3.97. The van der Waals surface area contributed by atoms with Gasteiger partial charge in [0.05, 0.1) is 24.2 Å². The molecule has 2 N–H and O–H groups in total. The summed E-state index contributed by atoms with van der Waals surface area (Å²) in [5, 5.41) is 14.0. The highest BCUT2D eigenvalue weighted by Crippen LogP contribution is 2.40. The van der Waals surface area contributed by atoms with E-state index in [1.165, 1.54) is 18.7 Å². The number of carbonyl (C=O) groups is 2. The van der Waals surface area contributed by atoms with Crippen molar-refractivity contribution in [2.24, 2.45) is 23.7 Å². The summed E-state index contributed by atoms with van der Waals surface area (Å²) in [6, 6.07) is 0. The van der Waals surface area contributed by atoms with Crippen molar-refractivity contribution in [3.63, 3.8) is 0 Å². The Bertz CT molecular complexity index is 865. The van der Waals surface area contributed by atoms with Crippen LogP contribution in [0.25, 0.3) is 0 Å². The molecule has 7 atom stereocenters. The zero-order chi connectivity index (χ0) is 33.3. The lowest BCUT2D eigenvalue weighted by Gasteiger charge is -2.41. The van der Waals surface area contributed by atoms with Crippen LogP contribution in [0.1, 0.15) is 95.9 Å². The molecule has 1 amide bonds. The second-order valence-electron chi connectivity index (χ2n) is 15.5. The van der Waals surface area contributed by atoms with Gasteiger partial charge in [-0.2, -0.15) is 0 Å². The van der Waals surface area contributed by atoms with Crippen LogP contribution in [-0.4, -0.2) is 63.4 Å². The molecular formula is C33H67NO5SSi2. The van der Waals surface area contributed by atoms with Crippen molar-refractivity contribution in [2.45, 2.75) is 151 Å². The summed E-state index contributed by atoms with van der Waals surface area (Å²) in [5.41, 5.74) is 0. The summed E-state index contributed by atoms with van der Waals surface area (Å²) in [6.07, 6.45) is 5.55. The highest BCUT2D eigenvalue weighted by molar-refractivity contribution is 8.13. The first kappa shape index (κ1) is 41.5. The largest absolute Gasteiger partial charge is 0.413 e. The SMILES string of the molecule is CC[C@@H](O[Si](C)(C)C(C)(C)C)[C@H](C)/C=C/C(O[Si](C)(C)C(C)(C)C)[C@H](C)C[C@H](C)[C@H](O)[C@@H](C)C(=O)SCCNC(C)=O. The van der Waals surface area contributed by atoms with Crippen molar-refractivity contribution in [3.8, 4) is 0 Å². The van der Waals surface area contributed by atoms with E-state index in [0.717, 1.165) is 12.8 Å². The number of hydrogen-bond donors (Lipinski definition) is 2. The van der Waals surface area contributed by atoms with E-state index in [4.69, 9.17) is 8.85 Å². The van der Waals surface area contributed by atoms with E-state index in [1.54, 1.807) is 6.92 Å². The monoisotopic (exact) mass is 645 g/mol. The molecule has 0 aromatic rings. The smallest absolute Gasteiger partial charge is 0.216 e. The summed E-state index contributed by atoms with van der Waals surface area (Å²) in [6.45, 7) is 35.2. The average molecular weight is 646 g/mol. The maximum Gasteiger partial charge on any atom is 0.216 e. The number of thioether (sulfide) groups is 1. The van der Waals surface area contributed by atoms with E-state index in [9.17, 15) is 14.7 Å². The Labute approximate surface area is 266 Å². The molecule has 0 aromatic heterocycles. The van der Waals surface area contributed by atoms with Crippen molar-refractivity contribution < 1.29 is 23.5 Å². The first-order valence-corrected chi connectivity index (χ1v) is 22.8. The number of hydrogen-bond acceptors (Lipinski definition) is 6. The number of aliphatic hydroxyl groups excluding tert-OH is 1.